The first-order valence-electron chi connectivity index (χ1n) is 12.5. The maximum Gasteiger partial charge on any atom is 0.419 e. The van der Waals surface area contributed by atoms with Gasteiger partial charge in [-0.1, -0.05) is 12.1 Å². The number of para-hydroxylation sites is 1. The third-order valence-electron chi connectivity index (χ3n) is 6.26. The Labute approximate surface area is 228 Å². The van der Waals surface area contributed by atoms with Crippen molar-refractivity contribution in [3.05, 3.63) is 75.5 Å². The second kappa shape index (κ2) is 9.81. The molecule has 0 radical (unpaired) electrons. The number of carbonyl (C=O) groups excluding carboxylic acids is 1. The molecule has 0 aliphatic carbocycles. The Morgan fingerprint density at radius 1 is 1.10 bits per heavy atom. The molecule has 11 heteroatoms. The number of aliphatic hydroxyl groups is 1. The topological polar surface area (TPSA) is 109 Å². The smallest absolute Gasteiger partial charge is 0.419 e. The third kappa shape index (κ3) is 5.74. The van der Waals surface area contributed by atoms with Crippen molar-refractivity contribution in [3.8, 4) is 22.8 Å². The molecule has 0 saturated carbocycles. The molecule has 3 heterocycles. The highest BCUT2D eigenvalue weighted by atomic mass is 19.4. The van der Waals surface area contributed by atoms with Gasteiger partial charge in [0, 0.05) is 47.1 Å². The molecule has 0 bridgehead atoms. The molecule has 1 aromatic carbocycles. The molecule has 4 rings (SSSR count). The zero-order valence-electron chi connectivity index (χ0n) is 23.2. The van der Waals surface area contributed by atoms with Crippen molar-refractivity contribution in [1.29, 1.82) is 0 Å². The van der Waals surface area contributed by atoms with E-state index in [4.69, 9.17) is 4.74 Å². The molecule has 0 fully saturated rings. The molecule has 8 nitrogen and oxygen atoms in total. The average Bonchev–Trinajstić information content (AvgIpc) is 3.27. The van der Waals surface area contributed by atoms with Gasteiger partial charge in [-0.2, -0.15) is 13.2 Å². The highest BCUT2D eigenvalue weighted by Crippen LogP contribution is 2.43. The van der Waals surface area contributed by atoms with Crippen LogP contribution in [0.25, 0.3) is 22.0 Å². The lowest BCUT2D eigenvalue weighted by molar-refractivity contribution is -0.138. The number of alkyl halides is 3. The summed E-state index contributed by atoms with van der Waals surface area (Å²) in [4.78, 5) is 33.1. The van der Waals surface area contributed by atoms with E-state index in [0.29, 0.717) is 16.5 Å². The van der Waals surface area contributed by atoms with Gasteiger partial charge in [-0.3, -0.25) is 9.59 Å². The summed E-state index contributed by atoms with van der Waals surface area (Å²) >= 11 is 0. The summed E-state index contributed by atoms with van der Waals surface area (Å²) in [5, 5.41) is 13.9. The molecular weight excluding hydrogens is 525 g/mol. The SMILES string of the molecule is Cc1cccc(C(F)(F)F)c1Oc1ncc(C(C)(C)O)cc1-c1cn(C)c(=O)c2[nH]c(C(=O)NC(C)(C)C)cc12. The van der Waals surface area contributed by atoms with Crippen molar-refractivity contribution in [1.82, 2.24) is 19.9 Å². The fourth-order valence-corrected chi connectivity index (χ4v) is 4.25. The number of hydrogen-bond donors (Lipinski definition) is 3. The number of amides is 1. The molecule has 40 heavy (non-hydrogen) atoms. The highest BCUT2D eigenvalue weighted by Gasteiger charge is 2.36. The van der Waals surface area contributed by atoms with Crippen molar-refractivity contribution in [2.24, 2.45) is 7.05 Å². The summed E-state index contributed by atoms with van der Waals surface area (Å²) in [6.45, 7) is 10.0. The van der Waals surface area contributed by atoms with Crippen molar-refractivity contribution < 1.29 is 27.8 Å². The van der Waals surface area contributed by atoms with Crippen LogP contribution in [0.1, 0.15) is 61.8 Å². The third-order valence-corrected chi connectivity index (χ3v) is 6.26. The summed E-state index contributed by atoms with van der Waals surface area (Å²) in [7, 11) is 1.51. The normalized spacial score (nSPS) is 12.6. The summed E-state index contributed by atoms with van der Waals surface area (Å²) in [6.07, 6.45) is -1.87. The quantitative estimate of drug-likeness (QED) is 0.288. The minimum absolute atomic E-state index is 0.116. The zero-order valence-corrected chi connectivity index (χ0v) is 23.2. The van der Waals surface area contributed by atoms with Crippen LogP contribution in [0.4, 0.5) is 13.2 Å². The number of hydrogen-bond acceptors (Lipinski definition) is 5. The molecule has 212 valence electrons. The molecule has 0 aliphatic heterocycles. The number of carbonyl (C=O) groups is 1. The summed E-state index contributed by atoms with van der Waals surface area (Å²) in [6, 6.07) is 6.75. The van der Waals surface area contributed by atoms with E-state index in [1.807, 2.05) is 20.8 Å². The van der Waals surface area contributed by atoms with Gasteiger partial charge in [-0.25, -0.2) is 4.98 Å². The fourth-order valence-electron chi connectivity index (χ4n) is 4.25. The van der Waals surface area contributed by atoms with Crippen LogP contribution >= 0.6 is 0 Å². The lowest BCUT2D eigenvalue weighted by Gasteiger charge is -2.21. The van der Waals surface area contributed by atoms with Crippen LogP contribution in [-0.2, 0) is 18.8 Å². The maximum atomic E-state index is 13.9. The second-order valence-corrected chi connectivity index (χ2v) is 11.3. The summed E-state index contributed by atoms with van der Waals surface area (Å²) < 4.78 is 48.7. The number of rotatable bonds is 5. The van der Waals surface area contributed by atoms with Gasteiger partial charge in [0.15, 0.2) is 0 Å². The van der Waals surface area contributed by atoms with E-state index in [0.717, 1.165) is 6.07 Å². The zero-order chi connectivity index (χ0) is 29.8. The number of fused-ring (bicyclic) bond motifs is 1. The second-order valence-electron chi connectivity index (χ2n) is 11.3. The monoisotopic (exact) mass is 556 g/mol. The van der Waals surface area contributed by atoms with Gasteiger partial charge in [0.05, 0.1) is 11.2 Å². The van der Waals surface area contributed by atoms with Gasteiger partial charge in [0.1, 0.15) is 17.0 Å². The first kappa shape index (κ1) is 28.9. The Balaban J connectivity index is 2.00. The number of ether oxygens (including phenoxy) is 1. The van der Waals surface area contributed by atoms with Crippen LogP contribution in [0, 0.1) is 6.92 Å². The Bertz CT molecular complexity index is 1670. The Morgan fingerprint density at radius 3 is 2.38 bits per heavy atom. The molecule has 0 aliphatic rings. The molecule has 4 aromatic rings. The van der Waals surface area contributed by atoms with Crippen molar-refractivity contribution in [3.63, 3.8) is 0 Å². The van der Waals surface area contributed by atoms with Crippen LogP contribution in [0.2, 0.25) is 0 Å². The standard InChI is InChI=1S/C29H31F3N4O4/c1-15-9-8-10-20(29(30,31)32)23(15)40-25-18(11-16(13-33-25)28(5,6)39)19-14-36(7)26(38)22-17(19)12-21(34-22)24(37)35-27(2,3)4/h8-14,34,39H,1-7H3,(H,35,37). The minimum Gasteiger partial charge on any atom is -0.437 e. The average molecular weight is 557 g/mol. The van der Waals surface area contributed by atoms with Crippen molar-refractivity contribution in [2.45, 2.75) is 58.9 Å². The molecule has 0 spiro atoms. The van der Waals surface area contributed by atoms with E-state index in [9.17, 15) is 27.9 Å². The van der Waals surface area contributed by atoms with Gasteiger partial charge in [0.25, 0.3) is 11.5 Å². The van der Waals surface area contributed by atoms with Crippen LogP contribution in [0.15, 0.2) is 47.5 Å². The van der Waals surface area contributed by atoms with Crippen LogP contribution in [0.3, 0.4) is 0 Å². The molecule has 0 unspecified atom stereocenters. The number of nitrogens with one attached hydrogen (secondary N) is 2. The van der Waals surface area contributed by atoms with E-state index in [1.165, 1.54) is 49.1 Å². The lowest BCUT2D eigenvalue weighted by Crippen LogP contribution is -2.40. The van der Waals surface area contributed by atoms with E-state index in [1.54, 1.807) is 19.9 Å². The van der Waals surface area contributed by atoms with Gasteiger partial charge >= 0.3 is 6.18 Å². The van der Waals surface area contributed by atoms with Crippen LogP contribution in [-0.4, -0.2) is 31.1 Å². The number of nitrogens with zero attached hydrogens (tertiary/aromatic N) is 2. The van der Waals surface area contributed by atoms with E-state index in [-0.39, 0.29) is 28.2 Å². The molecule has 1 amide bonds. The number of aryl methyl sites for hydroxylation is 2. The number of halogens is 3. The molecule has 0 saturated heterocycles. The molecule has 0 atom stereocenters. The first-order chi connectivity index (χ1) is 18.4. The Morgan fingerprint density at radius 2 is 1.77 bits per heavy atom. The van der Waals surface area contributed by atoms with E-state index in [2.05, 4.69) is 15.3 Å². The predicted octanol–water partition coefficient (Wildman–Crippen LogP) is 5.80. The number of aromatic nitrogens is 3. The minimum atomic E-state index is -4.69. The Kier molecular flexibility index (Phi) is 7.08. The van der Waals surface area contributed by atoms with Gasteiger partial charge < -0.3 is 24.7 Å². The van der Waals surface area contributed by atoms with E-state index < -0.39 is 40.1 Å². The lowest BCUT2D eigenvalue weighted by atomic mass is 9.96. The maximum absolute atomic E-state index is 13.9. The predicted molar refractivity (Wildman–Crippen MR) is 145 cm³/mol. The van der Waals surface area contributed by atoms with Gasteiger partial charge in [-0.15, -0.1) is 0 Å². The number of benzene rings is 1. The van der Waals surface area contributed by atoms with Crippen LogP contribution < -0.4 is 15.6 Å². The molecule has 3 aromatic heterocycles. The first-order valence-corrected chi connectivity index (χ1v) is 12.5. The van der Waals surface area contributed by atoms with Gasteiger partial charge in [0.2, 0.25) is 5.88 Å². The molecular formula is C29H31F3N4O4. The van der Waals surface area contributed by atoms with Crippen molar-refractivity contribution >= 4 is 16.8 Å². The number of aromatic amines is 1. The van der Waals surface area contributed by atoms with E-state index >= 15 is 0 Å². The number of pyridine rings is 2. The number of H-pyrrole nitrogens is 1. The summed E-state index contributed by atoms with van der Waals surface area (Å²) in [5.41, 5.74) is -1.86. The molecule has 3 N–H and O–H groups in total. The fraction of sp³-hybridized carbons (Fsp3) is 0.345. The Hall–Kier alpha value is -4.12. The highest BCUT2D eigenvalue weighted by molar-refractivity contribution is 6.03. The largest absolute Gasteiger partial charge is 0.437 e. The van der Waals surface area contributed by atoms with Crippen LogP contribution in [0.5, 0.6) is 11.6 Å². The van der Waals surface area contributed by atoms with Crippen molar-refractivity contribution in [2.75, 3.05) is 0 Å². The summed E-state index contributed by atoms with van der Waals surface area (Å²) in [5.74, 6) is -1.03. The van der Waals surface area contributed by atoms with Gasteiger partial charge in [-0.05, 0) is 65.3 Å².